The molecule has 0 unspecified atom stereocenters. The Kier molecular flexibility index (Phi) is 5.72. The summed E-state index contributed by atoms with van der Waals surface area (Å²) >= 11 is 0. The van der Waals surface area contributed by atoms with Crippen molar-refractivity contribution in [1.29, 1.82) is 0 Å². The van der Waals surface area contributed by atoms with Crippen molar-refractivity contribution in [2.75, 3.05) is 13.2 Å². The molecule has 0 aliphatic rings. The van der Waals surface area contributed by atoms with Gasteiger partial charge in [-0.15, -0.1) is 0 Å². The van der Waals surface area contributed by atoms with E-state index in [2.05, 4.69) is 0 Å². The molecule has 0 aromatic carbocycles. The lowest BCUT2D eigenvalue weighted by molar-refractivity contribution is 0.141. The third-order valence-corrected chi connectivity index (χ3v) is 3.81. The van der Waals surface area contributed by atoms with Gasteiger partial charge in [0.25, 0.3) is 0 Å². The maximum Gasteiger partial charge on any atom is 0.539 e. The van der Waals surface area contributed by atoms with Crippen molar-refractivity contribution in [3.63, 3.8) is 0 Å². The molecule has 0 saturated carbocycles. The Morgan fingerprint density at radius 3 is 1.82 bits per heavy atom. The highest BCUT2D eigenvalue weighted by Gasteiger charge is 2.37. The van der Waals surface area contributed by atoms with Gasteiger partial charge in [0.15, 0.2) is 0 Å². The van der Waals surface area contributed by atoms with Gasteiger partial charge in [0.2, 0.25) is 0 Å². The highest BCUT2D eigenvalue weighted by Crippen LogP contribution is 2.16. The summed E-state index contributed by atoms with van der Waals surface area (Å²) in [6, 6.07) is 0.439. The molecule has 0 spiro atoms. The molecule has 4 heteroatoms. The zero-order valence-electron chi connectivity index (χ0n) is 7.52. The molecular weight excluding hydrogens is 163 g/mol. The van der Waals surface area contributed by atoms with Gasteiger partial charge in [-0.2, -0.15) is 0 Å². The summed E-state index contributed by atoms with van der Waals surface area (Å²) in [5, 5.41) is 0. The fourth-order valence-electron chi connectivity index (χ4n) is 0.916. The summed E-state index contributed by atoms with van der Waals surface area (Å²) in [6.45, 7) is 6.32. The normalized spacial score (nSPS) is 12.0. The van der Waals surface area contributed by atoms with Crippen LogP contribution >= 0.6 is 0 Å². The van der Waals surface area contributed by atoms with Crippen LogP contribution < -0.4 is 0 Å². The maximum atomic E-state index is 13.5. The van der Waals surface area contributed by atoms with Crippen molar-refractivity contribution in [2.45, 2.75) is 33.2 Å². The SMILES string of the molecule is CCC[Si](F)(OCC)OCC. The van der Waals surface area contributed by atoms with Crippen LogP contribution in [0.4, 0.5) is 4.11 Å². The van der Waals surface area contributed by atoms with Crippen LogP contribution in [0.15, 0.2) is 0 Å². The first-order chi connectivity index (χ1) is 5.18. The monoisotopic (exact) mass is 180 g/mol. The molecule has 0 saturated heterocycles. The molecule has 11 heavy (non-hydrogen) atoms. The van der Waals surface area contributed by atoms with Crippen LogP contribution in [0.2, 0.25) is 6.04 Å². The molecule has 0 aromatic rings. The molecule has 0 fully saturated rings. The first-order valence-corrected chi connectivity index (χ1v) is 6.05. The van der Waals surface area contributed by atoms with E-state index in [0.717, 1.165) is 6.42 Å². The van der Waals surface area contributed by atoms with E-state index < -0.39 is 8.89 Å². The lowest BCUT2D eigenvalue weighted by Crippen LogP contribution is -2.37. The summed E-state index contributed by atoms with van der Waals surface area (Å²) in [5.41, 5.74) is 0. The third kappa shape index (κ3) is 4.50. The zero-order valence-corrected chi connectivity index (χ0v) is 8.52. The second-order valence-corrected chi connectivity index (χ2v) is 4.67. The predicted octanol–water partition coefficient (Wildman–Crippen LogP) is 2.38. The van der Waals surface area contributed by atoms with E-state index in [1.807, 2.05) is 6.92 Å². The standard InChI is InChI=1S/C7H17FO2Si/c1-4-7-11(8,9-5-2)10-6-3/h4-7H2,1-3H3. The molecule has 0 atom stereocenters. The van der Waals surface area contributed by atoms with Crippen LogP contribution in [-0.2, 0) is 8.85 Å². The van der Waals surface area contributed by atoms with Crippen LogP contribution in [0.3, 0.4) is 0 Å². The molecule has 68 valence electrons. The van der Waals surface area contributed by atoms with Crippen molar-refractivity contribution in [1.82, 2.24) is 0 Å². The molecule has 0 amide bonds. The molecule has 0 radical (unpaired) electrons. The highest BCUT2D eigenvalue weighted by molar-refractivity contribution is 6.59. The lowest BCUT2D eigenvalue weighted by Gasteiger charge is -2.19. The van der Waals surface area contributed by atoms with E-state index >= 15 is 0 Å². The molecule has 0 N–H and O–H groups in total. The molecule has 0 aromatic heterocycles. The third-order valence-electron chi connectivity index (χ3n) is 1.27. The molecule has 0 aliphatic carbocycles. The van der Waals surface area contributed by atoms with E-state index in [1.165, 1.54) is 0 Å². The zero-order chi connectivity index (χ0) is 8.74. The van der Waals surface area contributed by atoms with Gasteiger partial charge < -0.3 is 8.85 Å². The van der Waals surface area contributed by atoms with E-state index in [1.54, 1.807) is 13.8 Å². The Morgan fingerprint density at radius 1 is 1.09 bits per heavy atom. The van der Waals surface area contributed by atoms with Crippen LogP contribution in [0, 0.1) is 0 Å². The molecule has 0 aliphatic heterocycles. The Bertz CT molecular complexity index is 83.4. The van der Waals surface area contributed by atoms with Gasteiger partial charge in [-0.1, -0.05) is 13.3 Å². The van der Waals surface area contributed by atoms with E-state index in [9.17, 15) is 4.11 Å². The number of rotatable bonds is 6. The fraction of sp³-hybridized carbons (Fsp3) is 1.00. The smallest absolute Gasteiger partial charge is 0.371 e. The molecule has 0 rings (SSSR count). The number of hydrogen-bond donors (Lipinski definition) is 0. The summed E-state index contributed by atoms with van der Waals surface area (Å²) in [5.74, 6) is 0. The Balaban J connectivity index is 3.79. The summed E-state index contributed by atoms with van der Waals surface area (Å²) < 4.78 is 23.4. The Labute approximate surface area is 69.1 Å². The van der Waals surface area contributed by atoms with E-state index in [0.29, 0.717) is 19.3 Å². The van der Waals surface area contributed by atoms with Gasteiger partial charge in [-0.25, -0.2) is 4.11 Å². The summed E-state index contributed by atoms with van der Waals surface area (Å²) in [6.07, 6.45) is 0.780. The van der Waals surface area contributed by atoms with Crippen molar-refractivity contribution in [3.05, 3.63) is 0 Å². The average molecular weight is 180 g/mol. The van der Waals surface area contributed by atoms with Gasteiger partial charge in [0.05, 0.1) is 0 Å². The minimum absolute atomic E-state index is 0.405. The number of halogens is 1. The Hall–Kier alpha value is 0.0669. The quantitative estimate of drug-likeness (QED) is 0.461. The fourth-order valence-corrected chi connectivity index (χ4v) is 2.75. The Morgan fingerprint density at radius 2 is 1.55 bits per heavy atom. The highest BCUT2D eigenvalue weighted by atomic mass is 28.4. The van der Waals surface area contributed by atoms with Crippen LogP contribution in [-0.4, -0.2) is 22.1 Å². The van der Waals surface area contributed by atoms with Gasteiger partial charge in [0, 0.05) is 19.3 Å². The first-order valence-electron chi connectivity index (χ1n) is 4.15. The topological polar surface area (TPSA) is 18.5 Å². The van der Waals surface area contributed by atoms with Crippen molar-refractivity contribution >= 4 is 8.89 Å². The molecule has 2 nitrogen and oxygen atoms in total. The van der Waals surface area contributed by atoms with Crippen LogP contribution in [0.1, 0.15) is 27.2 Å². The average Bonchev–Trinajstić information content (AvgIpc) is 1.88. The first kappa shape index (κ1) is 11.1. The van der Waals surface area contributed by atoms with Crippen molar-refractivity contribution in [3.8, 4) is 0 Å². The maximum absolute atomic E-state index is 13.5. The van der Waals surface area contributed by atoms with Crippen molar-refractivity contribution < 1.29 is 13.0 Å². The van der Waals surface area contributed by atoms with Crippen molar-refractivity contribution in [2.24, 2.45) is 0 Å². The number of hydrogen-bond acceptors (Lipinski definition) is 2. The van der Waals surface area contributed by atoms with Crippen LogP contribution in [0.5, 0.6) is 0 Å². The summed E-state index contributed by atoms with van der Waals surface area (Å²) in [4.78, 5) is 0. The second-order valence-electron chi connectivity index (χ2n) is 2.28. The predicted molar refractivity (Wildman–Crippen MR) is 45.2 cm³/mol. The minimum atomic E-state index is -3.25. The second kappa shape index (κ2) is 5.68. The minimum Gasteiger partial charge on any atom is -0.371 e. The van der Waals surface area contributed by atoms with Gasteiger partial charge in [-0.05, 0) is 13.8 Å². The molecule has 0 bridgehead atoms. The van der Waals surface area contributed by atoms with Gasteiger partial charge in [0.1, 0.15) is 0 Å². The molecule has 0 heterocycles. The van der Waals surface area contributed by atoms with Gasteiger partial charge in [-0.3, -0.25) is 0 Å². The van der Waals surface area contributed by atoms with Gasteiger partial charge >= 0.3 is 8.89 Å². The molecular formula is C7H17FO2Si. The largest absolute Gasteiger partial charge is 0.539 e. The van der Waals surface area contributed by atoms with Crippen LogP contribution in [0.25, 0.3) is 0 Å². The lowest BCUT2D eigenvalue weighted by atomic mass is 10.6. The van der Waals surface area contributed by atoms with E-state index in [-0.39, 0.29) is 0 Å². The van der Waals surface area contributed by atoms with E-state index in [4.69, 9.17) is 8.85 Å². The summed E-state index contributed by atoms with van der Waals surface area (Å²) in [7, 11) is -3.25.